The molecule has 0 aliphatic carbocycles. The zero-order valence-corrected chi connectivity index (χ0v) is 17.1. The molecule has 6 heteroatoms. The Labute approximate surface area is 167 Å². The number of nitrogens with one attached hydrogen (secondary N) is 2. The lowest BCUT2D eigenvalue weighted by Crippen LogP contribution is -2.33. The molecule has 1 aliphatic rings. The zero-order chi connectivity index (χ0) is 19.9. The van der Waals surface area contributed by atoms with Crippen LogP contribution in [0.15, 0.2) is 36.5 Å². The Balaban J connectivity index is 1.76. The summed E-state index contributed by atoms with van der Waals surface area (Å²) in [5.41, 5.74) is 1.48. The fourth-order valence-electron chi connectivity index (χ4n) is 3.74. The minimum atomic E-state index is -0.139. The quantitative estimate of drug-likeness (QED) is 0.728. The van der Waals surface area contributed by atoms with Crippen LogP contribution in [0.25, 0.3) is 0 Å². The van der Waals surface area contributed by atoms with Gasteiger partial charge in [0.15, 0.2) is 0 Å². The van der Waals surface area contributed by atoms with Crippen LogP contribution in [0.2, 0.25) is 0 Å². The molecule has 3 rings (SSSR count). The highest BCUT2D eigenvalue weighted by atomic mass is 16.5. The van der Waals surface area contributed by atoms with E-state index < -0.39 is 0 Å². The summed E-state index contributed by atoms with van der Waals surface area (Å²) < 4.78 is 7.72. The van der Waals surface area contributed by atoms with Gasteiger partial charge in [0.2, 0.25) is 0 Å². The van der Waals surface area contributed by atoms with E-state index in [0.717, 1.165) is 43.7 Å². The molecule has 6 nitrogen and oxygen atoms in total. The topological polar surface area (TPSA) is 68.2 Å². The van der Waals surface area contributed by atoms with Crippen molar-refractivity contribution in [2.75, 3.05) is 19.7 Å². The van der Waals surface area contributed by atoms with Crippen LogP contribution >= 0.6 is 0 Å². The summed E-state index contributed by atoms with van der Waals surface area (Å²) in [7, 11) is 0. The van der Waals surface area contributed by atoms with Crippen molar-refractivity contribution in [2.45, 2.75) is 52.1 Å². The summed E-state index contributed by atoms with van der Waals surface area (Å²) in [6.45, 7) is 8.85. The zero-order valence-electron chi connectivity index (χ0n) is 17.1. The van der Waals surface area contributed by atoms with Crippen LogP contribution in [0.1, 0.15) is 68.2 Å². The van der Waals surface area contributed by atoms with Crippen molar-refractivity contribution in [3.05, 3.63) is 47.8 Å². The highest BCUT2D eigenvalue weighted by molar-refractivity contribution is 5.92. The standard InChI is InChI=1S/C22H32N4O2/c1-4-28-21-10-6-5-9-18(21)20(14-16(2)3)24-22(27)19-11-13-26(25-19)17-8-7-12-23-15-17/h5-6,9-11,13,16-17,20,23H,4,7-8,12,14-15H2,1-3H3,(H,24,27). The van der Waals surface area contributed by atoms with Crippen molar-refractivity contribution in [3.8, 4) is 5.75 Å². The first kappa shape index (κ1) is 20.4. The van der Waals surface area contributed by atoms with Gasteiger partial charge in [0.1, 0.15) is 11.4 Å². The highest BCUT2D eigenvalue weighted by Gasteiger charge is 2.23. The molecule has 0 radical (unpaired) electrons. The van der Waals surface area contributed by atoms with E-state index in [4.69, 9.17) is 4.74 Å². The molecular weight excluding hydrogens is 352 g/mol. The molecule has 0 bridgehead atoms. The van der Waals surface area contributed by atoms with Crippen molar-refractivity contribution >= 4 is 5.91 Å². The third-order valence-electron chi connectivity index (χ3n) is 5.09. The second-order valence-electron chi connectivity index (χ2n) is 7.81. The predicted octanol–water partition coefficient (Wildman–Crippen LogP) is 3.72. The smallest absolute Gasteiger partial charge is 0.272 e. The molecule has 0 spiro atoms. The van der Waals surface area contributed by atoms with Gasteiger partial charge in [0.25, 0.3) is 5.91 Å². The summed E-state index contributed by atoms with van der Waals surface area (Å²) in [6, 6.07) is 9.96. The minimum Gasteiger partial charge on any atom is -0.494 e. The third-order valence-corrected chi connectivity index (χ3v) is 5.09. The summed E-state index contributed by atoms with van der Waals surface area (Å²) in [5, 5.41) is 11.1. The van der Waals surface area contributed by atoms with E-state index in [-0.39, 0.29) is 11.9 Å². The lowest BCUT2D eigenvalue weighted by atomic mass is 9.96. The number of hydrogen-bond donors (Lipinski definition) is 2. The number of para-hydroxylation sites is 1. The van der Waals surface area contributed by atoms with E-state index in [0.29, 0.717) is 24.3 Å². The number of benzene rings is 1. The van der Waals surface area contributed by atoms with Crippen LogP contribution < -0.4 is 15.4 Å². The molecule has 1 saturated heterocycles. The van der Waals surface area contributed by atoms with Gasteiger partial charge >= 0.3 is 0 Å². The van der Waals surface area contributed by atoms with E-state index >= 15 is 0 Å². The van der Waals surface area contributed by atoms with Crippen LogP contribution in [-0.4, -0.2) is 35.4 Å². The Morgan fingerprint density at radius 2 is 2.18 bits per heavy atom. The van der Waals surface area contributed by atoms with E-state index in [2.05, 4.69) is 29.6 Å². The lowest BCUT2D eigenvalue weighted by molar-refractivity contribution is 0.0925. The minimum absolute atomic E-state index is 0.114. The third kappa shape index (κ3) is 5.13. The van der Waals surface area contributed by atoms with Crippen molar-refractivity contribution in [1.82, 2.24) is 20.4 Å². The van der Waals surface area contributed by atoms with Crippen LogP contribution in [0.3, 0.4) is 0 Å². The Morgan fingerprint density at radius 3 is 2.89 bits per heavy atom. The fourth-order valence-corrected chi connectivity index (χ4v) is 3.74. The maximum atomic E-state index is 12.9. The van der Waals surface area contributed by atoms with Crippen molar-refractivity contribution in [2.24, 2.45) is 5.92 Å². The Bertz CT molecular complexity index is 765. The van der Waals surface area contributed by atoms with Gasteiger partial charge in [-0.05, 0) is 50.8 Å². The maximum absolute atomic E-state index is 12.9. The van der Waals surface area contributed by atoms with E-state index in [1.807, 2.05) is 48.1 Å². The van der Waals surface area contributed by atoms with Gasteiger partial charge < -0.3 is 15.4 Å². The molecule has 2 heterocycles. The van der Waals surface area contributed by atoms with Crippen LogP contribution in [0, 0.1) is 5.92 Å². The van der Waals surface area contributed by atoms with Gasteiger partial charge in [-0.1, -0.05) is 32.0 Å². The Hall–Kier alpha value is -2.34. The van der Waals surface area contributed by atoms with Crippen LogP contribution in [0.4, 0.5) is 0 Å². The number of hydrogen-bond acceptors (Lipinski definition) is 4. The van der Waals surface area contributed by atoms with Gasteiger partial charge in [-0.15, -0.1) is 0 Å². The lowest BCUT2D eigenvalue weighted by Gasteiger charge is -2.23. The van der Waals surface area contributed by atoms with E-state index in [1.165, 1.54) is 0 Å². The molecule has 2 atom stereocenters. The molecule has 1 aromatic heterocycles. The van der Waals surface area contributed by atoms with Crippen LogP contribution in [0.5, 0.6) is 5.75 Å². The molecule has 152 valence electrons. The summed E-state index contributed by atoms with van der Waals surface area (Å²) in [5.74, 6) is 1.13. The first-order chi connectivity index (χ1) is 13.6. The average Bonchev–Trinajstić information content (AvgIpc) is 3.19. The number of nitrogens with zero attached hydrogens (tertiary/aromatic N) is 2. The SMILES string of the molecule is CCOc1ccccc1C(CC(C)C)NC(=O)c1ccn(C2CCCNC2)n1. The molecule has 2 unspecified atom stereocenters. The van der Waals surface area contributed by atoms with Crippen molar-refractivity contribution < 1.29 is 9.53 Å². The predicted molar refractivity (Wildman–Crippen MR) is 111 cm³/mol. The molecule has 1 amide bonds. The molecule has 1 fully saturated rings. The average molecular weight is 385 g/mol. The fraction of sp³-hybridized carbons (Fsp3) is 0.545. The van der Waals surface area contributed by atoms with Crippen molar-refractivity contribution in [3.63, 3.8) is 0 Å². The normalized spacial score (nSPS) is 18.1. The van der Waals surface area contributed by atoms with Gasteiger partial charge in [0.05, 0.1) is 18.7 Å². The van der Waals surface area contributed by atoms with Gasteiger partial charge in [-0.2, -0.15) is 5.10 Å². The molecule has 28 heavy (non-hydrogen) atoms. The first-order valence-corrected chi connectivity index (χ1v) is 10.4. The monoisotopic (exact) mass is 384 g/mol. The van der Waals surface area contributed by atoms with Gasteiger partial charge in [-0.3, -0.25) is 9.48 Å². The van der Waals surface area contributed by atoms with Gasteiger partial charge in [-0.25, -0.2) is 0 Å². The number of piperidine rings is 1. The van der Waals surface area contributed by atoms with Crippen LogP contribution in [-0.2, 0) is 0 Å². The summed E-state index contributed by atoms with van der Waals surface area (Å²) in [4.78, 5) is 12.9. The molecule has 2 aromatic rings. The maximum Gasteiger partial charge on any atom is 0.272 e. The number of carbonyl (C=O) groups is 1. The molecule has 0 saturated carbocycles. The Morgan fingerprint density at radius 1 is 1.36 bits per heavy atom. The molecule has 1 aliphatic heterocycles. The number of ether oxygens (including phenoxy) is 1. The molecule has 1 aromatic carbocycles. The van der Waals surface area contributed by atoms with Crippen molar-refractivity contribution in [1.29, 1.82) is 0 Å². The summed E-state index contributed by atoms with van der Waals surface area (Å²) >= 11 is 0. The number of aromatic nitrogens is 2. The molecule has 2 N–H and O–H groups in total. The second kappa shape index (κ2) is 9.73. The molecular formula is C22H32N4O2. The summed E-state index contributed by atoms with van der Waals surface area (Å²) in [6.07, 6.45) is 4.98. The van der Waals surface area contributed by atoms with Gasteiger partial charge in [0, 0.05) is 18.3 Å². The first-order valence-electron chi connectivity index (χ1n) is 10.4. The largest absolute Gasteiger partial charge is 0.494 e. The number of rotatable bonds is 8. The highest BCUT2D eigenvalue weighted by Crippen LogP contribution is 2.30. The van der Waals surface area contributed by atoms with E-state index in [1.54, 1.807) is 0 Å². The van der Waals surface area contributed by atoms with E-state index in [9.17, 15) is 4.79 Å². The number of amides is 1. The Kier molecular flexibility index (Phi) is 7.09. The number of carbonyl (C=O) groups excluding carboxylic acids is 1. The second-order valence-corrected chi connectivity index (χ2v) is 7.81.